The van der Waals surface area contributed by atoms with Gasteiger partial charge in [0.15, 0.2) is 5.54 Å². The maximum absolute atomic E-state index is 13.5. The topological polar surface area (TPSA) is 128 Å². The van der Waals surface area contributed by atoms with Crippen molar-refractivity contribution in [3.05, 3.63) is 185 Å². The van der Waals surface area contributed by atoms with Crippen LogP contribution in [-0.4, -0.2) is 44.3 Å². The first kappa shape index (κ1) is 39.1. The molecule has 58 heavy (non-hydrogen) atoms. The van der Waals surface area contributed by atoms with Gasteiger partial charge >= 0.3 is 6.09 Å². The average Bonchev–Trinajstić information content (AvgIpc) is 3.72. The molecule has 11 heteroatoms. The van der Waals surface area contributed by atoms with Gasteiger partial charge in [0.2, 0.25) is 5.82 Å². The standard InChI is InChI=1S/C47H45N7O4/c1-33(2)31-52(32-34(3)4)44-29-24-35(30-43(44)48-46(55)58-40-27-25-39(26-28-40)53(56)57)41-22-14-15-23-42(41)45-49-51-54(50-45)47(36-16-8-5-9-17-36,37-18-10-6-11-19-37)38-20-12-7-13-21-38/h5-30,33-34H,31-32H2,1-4H3,(H,48,55). The second kappa shape index (κ2) is 17.3. The molecule has 7 aromatic rings. The number of tetrazole rings is 1. The molecule has 0 bridgehead atoms. The van der Waals surface area contributed by atoms with Crippen molar-refractivity contribution in [2.24, 2.45) is 11.8 Å². The highest BCUT2D eigenvalue weighted by Crippen LogP contribution is 2.41. The molecule has 0 aliphatic heterocycles. The van der Waals surface area contributed by atoms with Crippen LogP contribution >= 0.6 is 0 Å². The average molecular weight is 772 g/mol. The molecule has 7 rings (SSSR count). The van der Waals surface area contributed by atoms with Crippen molar-refractivity contribution in [2.75, 3.05) is 23.3 Å². The SMILES string of the molecule is CC(C)CN(CC(C)C)c1ccc(-c2ccccc2-c2nnn(C(c3ccccc3)(c3ccccc3)c3ccccc3)n2)cc1NC(=O)Oc1ccc([N+](=O)[O-])cc1. The van der Waals surface area contributed by atoms with Crippen molar-refractivity contribution >= 4 is 23.2 Å². The Kier molecular flexibility index (Phi) is 11.7. The summed E-state index contributed by atoms with van der Waals surface area (Å²) in [6.45, 7) is 10.2. The number of non-ortho nitro benzene ring substituents is 1. The Morgan fingerprint density at radius 1 is 0.724 bits per heavy atom. The Balaban J connectivity index is 1.32. The van der Waals surface area contributed by atoms with E-state index in [0.29, 0.717) is 23.3 Å². The minimum absolute atomic E-state index is 0.0974. The van der Waals surface area contributed by atoms with E-state index in [1.54, 1.807) is 4.80 Å². The minimum atomic E-state index is -0.941. The number of nitrogens with one attached hydrogen (secondary N) is 1. The Morgan fingerprint density at radius 2 is 1.24 bits per heavy atom. The first-order valence-corrected chi connectivity index (χ1v) is 19.3. The molecule has 292 valence electrons. The van der Waals surface area contributed by atoms with Gasteiger partial charge in [0.1, 0.15) is 5.75 Å². The first-order chi connectivity index (χ1) is 28.1. The summed E-state index contributed by atoms with van der Waals surface area (Å²) >= 11 is 0. The maximum Gasteiger partial charge on any atom is 0.417 e. The van der Waals surface area contributed by atoms with E-state index < -0.39 is 16.6 Å². The third kappa shape index (κ3) is 8.34. The fourth-order valence-electron chi connectivity index (χ4n) is 7.39. The number of hydrogen-bond acceptors (Lipinski definition) is 8. The third-order valence-electron chi connectivity index (χ3n) is 9.77. The van der Waals surface area contributed by atoms with E-state index >= 15 is 0 Å². The van der Waals surface area contributed by atoms with Crippen LogP contribution in [0.4, 0.5) is 21.9 Å². The van der Waals surface area contributed by atoms with E-state index in [9.17, 15) is 14.9 Å². The van der Waals surface area contributed by atoms with E-state index in [0.717, 1.165) is 52.2 Å². The lowest BCUT2D eigenvalue weighted by Crippen LogP contribution is -2.39. The number of ether oxygens (including phenoxy) is 1. The van der Waals surface area contributed by atoms with Crippen LogP contribution in [0.25, 0.3) is 22.5 Å². The minimum Gasteiger partial charge on any atom is -0.410 e. The van der Waals surface area contributed by atoms with Crippen molar-refractivity contribution in [3.63, 3.8) is 0 Å². The number of nitro benzene ring substituents is 1. The van der Waals surface area contributed by atoms with Crippen LogP contribution in [0.1, 0.15) is 44.4 Å². The smallest absolute Gasteiger partial charge is 0.410 e. The molecule has 0 unspecified atom stereocenters. The maximum atomic E-state index is 13.5. The summed E-state index contributed by atoms with van der Waals surface area (Å²) < 4.78 is 5.61. The van der Waals surface area contributed by atoms with Gasteiger partial charge in [-0.25, -0.2) is 4.79 Å². The number of rotatable bonds is 14. The van der Waals surface area contributed by atoms with Crippen LogP contribution in [0.2, 0.25) is 0 Å². The third-order valence-corrected chi connectivity index (χ3v) is 9.77. The van der Waals surface area contributed by atoms with Crippen LogP contribution in [0, 0.1) is 22.0 Å². The fourth-order valence-corrected chi connectivity index (χ4v) is 7.39. The second-order valence-electron chi connectivity index (χ2n) is 14.9. The van der Waals surface area contributed by atoms with E-state index in [4.69, 9.17) is 20.1 Å². The number of benzene rings is 6. The number of amides is 1. The highest BCUT2D eigenvalue weighted by atomic mass is 16.6. The highest BCUT2D eigenvalue weighted by molar-refractivity contribution is 5.94. The Bertz CT molecular complexity index is 2360. The summed E-state index contributed by atoms with van der Waals surface area (Å²) in [7, 11) is 0. The van der Waals surface area contributed by atoms with Crippen LogP contribution in [-0.2, 0) is 5.54 Å². The molecule has 1 aromatic heterocycles. The molecule has 0 saturated heterocycles. The molecule has 11 nitrogen and oxygen atoms in total. The number of aromatic nitrogens is 4. The number of anilines is 2. The van der Waals surface area contributed by atoms with Crippen molar-refractivity contribution in [1.82, 2.24) is 20.2 Å². The number of carbonyl (C=O) groups is 1. The van der Waals surface area contributed by atoms with Gasteiger partial charge in [-0.2, -0.15) is 0 Å². The predicted molar refractivity (Wildman–Crippen MR) is 228 cm³/mol. The fraction of sp³-hybridized carbons (Fsp3) is 0.191. The van der Waals surface area contributed by atoms with Gasteiger partial charge in [0.05, 0.1) is 16.3 Å². The number of carbonyl (C=O) groups excluding carboxylic acids is 1. The summed E-state index contributed by atoms with van der Waals surface area (Å²) in [5.74, 6) is 1.31. The van der Waals surface area contributed by atoms with E-state index in [2.05, 4.69) is 74.3 Å². The Labute approximate surface area is 338 Å². The molecule has 0 spiro atoms. The Hall–Kier alpha value is -7.14. The first-order valence-electron chi connectivity index (χ1n) is 19.3. The summed E-state index contributed by atoms with van der Waals surface area (Å²) in [4.78, 5) is 28.2. The van der Waals surface area contributed by atoms with E-state index in [-0.39, 0.29) is 11.4 Å². The Morgan fingerprint density at radius 3 is 1.76 bits per heavy atom. The molecule has 1 amide bonds. The van der Waals surface area contributed by atoms with Gasteiger partial charge in [0, 0.05) is 30.8 Å². The molecule has 0 aliphatic carbocycles. The molecule has 1 N–H and O–H groups in total. The summed E-state index contributed by atoms with van der Waals surface area (Å²) in [6.07, 6.45) is -0.724. The highest BCUT2D eigenvalue weighted by Gasteiger charge is 2.41. The molecule has 6 aromatic carbocycles. The molecule has 0 atom stereocenters. The van der Waals surface area contributed by atoms with E-state index in [1.807, 2.05) is 97.1 Å². The zero-order valence-corrected chi connectivity index (χ0v) is 32.9. The molecule has 0 aliphatic rings. The molecule has 0 fully saturated rings. The summed E-state index contributed by atoms with van der Waals surface area (Å²) in [5.41, 5.74) is 5.69. The lowest BCUT2D eigenvalue weighted by molar-refractivity contribution is -0.384. The second-order valence-corrected chi connectivity index (χ2v) is 14.9. The van der Waals surface area contributed by atoms with Crippen LogP contribution in [0.15, 0.2) is 158 Å². The van der Waals surface area contributed by atoms with Crippen molar-refractivity contribution < 1.29 is 14.5 Å². The molecule has 0 radical (unpaired) electrons. The molecular formula is C47H45N7O4. The zero-order valence-electron chi connectivity index (χ0n) is 32.9. The summed E-state index contributed by atoms with van der Waals surface area (Å²) in [6, 6.07) is 49.9. The van der Waals surface area contributed by atoms with Gasteiger partial charge in [-0.3, -0.25) is 15.4 Å². The lowest BCUT2D eigenvalue weighted by Gasteiger charge is -2.34. The number of hydrogen-bond donors (Lipinski definition) is 1. The van der Waals surface area contributed by atoms with Crippen LogP contribution < -0.4 is 15.0 Å². The molecule has 1 heterocycles. The van der Waals surface area contributed by atoms with Crippen molar-refractivity contribution in [3.8, 4) is 28.3 Å². The van der Waals surface area contributed by atoms with Gasteiger partial charge < -0.3 is 9.64 Å². The molecular weight excluding hydrogens is 727 g/mol. The van der Waals surface area contributed by atoms with Crippen molar-refractivity contribution in [1.29, 1.82) is 0 Å². The predicted octanol–water partition coefficient (Wildman–Crippen LogP) is 10.5. The molecule has 0 saturated carbocycles. The van der Waals surface area contributed by atoms with Gasteiger partial charge in [-0.15, -0.1) is 15.0 Å². The van der Waals surface area contributed by atoms with E-state index in [1.165, 1.54) is 24.3 Å². The van der Waals surface area contributed by atoms with Crippen molar-refractivity contribution in [2.45, 2.75) is 33.2 Å². The number of nitrogens with zero attached hydrogens (tertiary/aromatic N) is 6. The summed E-state index contributed by atoms with van der Waals surface area (Å²) in [5, 5.41) is 28.8. The van der Waals surface area contributed by atoms with Gasteiger partial charge in [0.25, 0.3) is 5.69 Å². The van der Waals surface area contributed by atoms with Gasteiger partial charge in [-0.1, -0.05) is 149 Å². The normalized spacial score (nSPS) is 11.4. The lowest BCUT2D eigenvalue weighted by atomic mass is 9.77. The van der Waals surface area contributed by atoms with Gasteiger partial charge in [-0.05, 0) is 69.1 Å². The largest absolute Gasteiger partial charge is 0.417 e. The van der Waals surface area contributed by atoms with Crippen LogP contribution in [0.3, 0.4) is 0 Å². The number of nitro groups is 1. The zero-order chi connectivity index (χ0) is 40.6. The quantitative estimate of drug-likeness (QED) is 0.0657. The van der Waals surface area contributed by atoms with Crippen LogP contribution in [0.5, 0.6) is 5.75 Å². The monoisotopic (exact) mass is 771 g/mol.